The number of rotatable bonds is 6. The normalized spacial score (nSPS) is 12.6. The van der Waals surface area contributed by atoms with Crippen LogP contribution >= 0.6 is 11.3 Å². The molecule has 5 heteroatoms. The highest BCUT2D eigenvalue weighted by Gasteiger charge is 2.20. The van der Waals surface area contributed by atoms with Crippen LogP contribution in [0.5, 0.6) is 0 Å². The van der Waals surface area contributed by atoms with Crippen LogP contribution in [0.4, 0.5) is 0 Å². The maximum Gasteiger partial charge on any atom is 0.160 e. The van der Waals surface area contributed by atoms with Gasteiger partial charge in [0.25, 0.3) is 0 Å². The fraction of sp³-hybridized carbons (Fsp3) is 0.0870. The van der Waals surface area contributed by atoms with Gasteiger partial charge in [-0.1, -0.05) is 123 Å². The quantitative estimate of drug-likeness (QED) is 0.176. The van der Waals surface area contributed by atoms with E-state index in [-0.39, 0.29) is 0 Å². The van der Waals surface area contributed by atoms with Gasteiger partial charge in [0.15, 0.2) is 5.82 Å². The number of fused-ring (bicyclic) bond motifs is 3. The first-order valence-corrected chi connectivity index (χ1v) is 18.3. The zero-order chi connectivity index (χ0) is 34.6. The maximum atomic E-state index is 5.27. The maximum absolute atomic E-state index is 5.27. The third-order valence-electron chi connectivity index (χ3n) is 9.19. The molecule has 4 heterocycles. The van der Waals surface area contributed by atoms with Crippen molar-refractivity contribution in [3.8, 4) is 45.0 Å². The number of pyridine rings is 2. The molecule has 1 aliphatic carbocycles. The number of thiophene rings is 1. The van der Waals surface area contributed by atoms with Crippen LogP contribution in [-0.2, 0) is 0 Å². The summed E-state index contributed by atoms with van der Waals surface area (Å²) < 4.78 is 2.33. The molecule has 9 rings (SSSR count). The average Bonchev–Trinajstić information content (AvgIpc) is 3.61. The lowest BCUT2D eigenvalue weighted by Crippen LogP contribution is -1.99. The van der Waals surface area contributed by atoms with E-state index in [1.54, 1.807) is 11.3 Å². The molecule has 0 fully saturated rings. The lowest BCUT2D eigenvalue weighted by Gasteiger charge is -2.19. The topological polar surface area (TPSA) is 51.6 Å². The second-order valence-electron chi connectivity index (χ2n) is 12.2. The Labute approximate surface area is 302 Å². The van der Waals surface area contributed by atoms with Crippen LogP contribution in [0.3, 0.4) is 0 Å². The summed E-state index contributed by atoms with van der Waals surface area (Å²) in [7, 11) is 0. The fourth-order valence-corrected chi connectivity index (χ4v) is 7.85. The molecule has 0 unspecified atom stereocenters. The Kier molecular flexibility index (Phi) is 9.11. The molecule has 0 atom stereocenters. The van der Waals surface area contributed by atoms with Crippen molar-refractivity contribution in [2.75, 3.05) is 0 Å². The number of aromatic nitrogens is 4. The number of benzene rings is 4. The van der Waals surface area contributed by atoms with Crippen LogP contribution in [-0.4, -0.2) is 19.9 Å². The summed E-state index contributed by atoms with van der Waals surface area (Å²) in [4.78, 5) is 19.7. The third-order valence-corrected chi connectivity index (χ3v) is 10.4. The van der Waals surface area contributed by atoms with Crippen LogP contribution in [0.2, 0.25) is 0 Å². The molecule has 1 aliphatic rings. The molecule has 4 aromatic heterocycles. The highest BCUT2D eigenvalue weighted by molar-refractivity contribution is 7.26. The Morgan fingerprint density at radius 2 is 1.16 bits per heavy atom. The molecular weight excluding hydrogens is 641 g/mol. The standard InChI is InChI=1S/C44H30N4S.C2H6/c1-2-10-33(11-3-1)41-43-42(36-12-4-5-15-40(36)49-43)48-44(47-41)34-24-25-35(29-16-20-31(21-17-29)38-13-6-8-26-45-38)37(28-34)30-18-22-32(23-19-30)39-14-7-9-27-46-39;1-2/h1-18,20-22,24-28H,19,23H2;1-2H3. The van der Waals surface area contributed by atoms with Crippen molar-refractivity contribution in [1.82, 2.24) is 19.9 Å². The molecular formula is C46H36N4S. The number of hydrogen-bond acceptors (Lipinski definition) is 5. The number of allylic oxidation sites excluding steroid dienone is 4. The van der Waals surface area contributed by atoms with E-state index < -0.39 is 0 Å². The molecule has 0 saturated carbocycles. The summed E-state index contributed by atoms with van der Waals surface area (Å²) in [5, 5.41) is 1.16. The van der Waals surface area contributed by atoms with E-state index in [1.807, 2.05) is 56.6 Å². The first-order chi connectivity index (χ1) is 25.3. The summed E-state index contributed by atoms with van der Waals surface area (Å²) in [6, 6.07) is 46.5. The van der Waals surface area contributed by atoms with Crippen molar-refractivity contribution in [3.63, 3.8) is 0 Å². The van der Waals surface area contributed by atoms with Crippen molar-refractivity contribution in [1.29, 1.82) is 0 Å². The Morgan fingerprint density at radius 3 is 1.88 bits per heavy atom. The van der Waals surface area contributed by atoms with Crippen LogP contribution in [0, 0.1) is 0 Å². The molecule has 0 N–H and O–H groups in total. The molecule has 4 nitrogen and oxygen atoms in total. The minimum absolute atomic E-state index is 0.731. The molecule has 246 valence electrons. The molecule has 0 amide bonds. The molecule has 0 saturated heterocycles. The van der Waals surface area contributed by atoms with E-state index in [2.05, 4.69) is 125 Å². The largest absolute Gasteiger partial charge is 0.257 e. The van der Waals surface area contributed by atoms with Crippen LogP contribution in [0.1, 0.15) is 37.9 Å². The lowest BCUT2D eigenvalue weighted by atomic mass is 9.86. The second-order valence-corrected chi connectivity index (χ2v) is 13.2. The van der Waals surface area contributed by atoms with Crippen LogP contribution < -0.4 is 0 Å². The molecule has 4 aromatic carbocycles. The summed E-state index contributed by atoms with van der Waals surface area (Å²) in [5.74, 6) is 0.731. The van der Waals surface area contributed by atoms with Gasteiger partial charge in [0.2, 0.25) is 0 Å². The molecule has 0 spiro atoms. The zero-order valence-electron chi connectivity index (χ0n) is 28.6. The predicted molar refractivity (Wildman–Crippen MR) is 215 cm³/mol. The lowest BCUT2D eigenvalue weighted by molar-refractivity contribution is 1.05. The van der Waals surface area contributed by atoms with Crippen LogP contribution in [0.25, 0.3) is 76.5 Å². The van der Waals surface area contributed by atoms with Gasteiger partial charge in [-0.15, -0.1) is 11.3 Å². The van der Waals surface area contributed by atoms with E-state index in [0.717, 1.165) is 73.6 Å². The first-order valence-electron chi connectivity index (χ1n) is 17.5. The van der Waals surface area contributed by atoms with Crippen molar-refractivity contribution < 1.29 is 0 Å². The van der Waals surface area contributed by atoms with Gasteiger partial charge in [0, 0.05) is 39.2 Å². The number of hydrogen-bond donors (Lipinski definition) is 0. The van der Waals surface area contributed by atoms with Crippen LogP contribution in [0.15, 0.2) is 158 Å². The highest BCUT2D eigenvalue weighted by atomic mass is 32.1. The first kappa shape index (κ1) is 32.2. The average molecular weight is 677 g/mol. The van der Waals surface area contributed by atoms with E-state index >= 15 is 0 Å². The van der Waals surface area contributed by atoms with Gasteiger partial charge in [-0.25, -0.2) is 9.97 Å². The third kappa shape index (κ3) is 6.40. The summed E-state index contributed by atoms with van der Waals surface area (Å²) in [6.07, 6.45) is 10.0. The Balaban J connectivity index is 0.00000184. The van der Waals surface area contributed by atoms with Crippen molar-refractivity contribution >= 4 is 42.8 Å². The Hall–Kier alpha value is -6.04. The minimum Gasteiger partial charge on any atom is -0.257 e. The summed E-state index contributed by atoms with van der Waals surface area (Å²) >= 11 is 1.76. The van der Waals surface area contributed by atoms with Gasteiger partial charge < -0.3 is 0 Å². The van der Waals surface area contributed by atoms with Gasteiger partial charge in [-0.3, -0.25) is 9.97 Å². The second kappa shape index (κ2) is 14.4. The monoisotopic (exact) mass is 676 g/mol. The van der Waals surface area contributed by atoms with Gasteiger partial charge in [0.1, 0.15) is 0 Å². The van der Waals surface area contributed by atoms with Crippen molar-refractivity contribution in [3.05, 3.63) is 169 Å². The molecule has 0 bridgehead atoms. The van der Waals surface area contributed by atoms with Crippen molar-refractivity contribution in [2.45, 2.75) is 26.7 Å². The highest BCUT2D eigenvalue weighted by Crippen LogP contribution is 2.42. The summed E-state index contributed by atoms with van der Waals surface area (Å²) in [5.41, 5.74) is 13.2. The molecule has 8 aromatic rings. The smallest absolute Gasteiger partial charge is 0.160 e. The van der Waals surface area contributed by atoms with Gasteiger partial charge in [-0.2, -0.15) is 0 Å². The molecule has 0 radical (unpaired) electrons. The Morgan fingerprint density at radius 1 is 0.510 bits per heavy atom. The minimum atomic E-state index is 0.731. The fourth-order valence-electron chi connectivity index (χ4n) is 6.69. The van der Waals surface area contributed by atoms with E-state index in [0.29, 0.717) is 0 Å². The van der Waals surface area contributed by atoms with E-state index in [4.69, 9.17) is 9.97 Å². The molecule has 51 heavy (non-hydrogen) atoms. The van der Waals surface area contributed by atoms with Gasteiger partial charge in [-0.05, 0) is 77.1 Å². The zero-order valence-corrected chi connectivity index (χ0v) is 29.4. The van der Waals surface area contributed by atoms with E-state index in [1.165, 1.54) is 27.0 Å². The van der Waals surface area contributed by atoms with E-state index in [9.17, 15) is 0 Å². The Bertz CT molecular complexity index is 2520. The van der Waals surface area contributed by atoms with Crippen molar-refractivity contribution in [2.24, 2.45) is 0 Å². The number of nitrogens with zero attached hydrogens (tertiary/aromatic N) is 4. The van der Waals surface area contributed by atoms with Gasteiger partial charge in [0.05, 0.1) is 27.3 Å². The SMILES string of the molecule is C1=C(c2ccccn2)CCC(c2cc(-c3nc(-c4ccccc4)c4sc5ccccc5c4n3)ccc2-c2ccc(-c3ccccn3)cc2)=C1.CC. The predicted octanol–water partition coefficient (Wildman–Crippen LogP) is 12.6. The molecule has 0 aliphatic heterocycles. The van der Waals surface area contributed by atoms with Gasteiger partial charge >= 0.3 is 0 Å². The summed E-state index contributed by atoms with van der Waals surface area (Å²) in [6.45, 7) is 4.00.